The maximum atomic E-state index is 11.9. The Hall–Kier alpha value is -1.76. The number of aliphatic carboxylic acids is 1. The molecular formula is C13H16F3NO3. The Morgan fingerprint density at radius 1 is 1.25 bits per heavy atom. The van der Waals surface area contributed by atoms with Gasteiger partial charge in [0.15, 0.2) is 0 Å². The van der Waals surface area contributed by atoms with E-state index < -0.39 is 18.9 Å². The van der Waals surface area contributed by atoms with Crippen LogP contribution in [-0.4, -0.2) is 37.1 Å². The van der Waals surface area contributed by atoms with Crippen molar-refractivity contribution in [1.29, 1.82) is 0 Å². The molecule has 20 heavy (non-hydrogen) atoms. The second-order valence-corrected chi connectivity index (χ2v) is 4.26. The molecule has 0 unspecified atom stereocenters. The number of benzene rings is 1. The molecule has 0 heterocycles. The monoisotopic (exact) mass is 291 g/mol. The summed E-state index contributed by atoms with van der Waals surface area (Å²) in [6, 6.07) is 7.11. The number of aryl methyl sites for hydroxylation is 1. The maximum Gasteiger partial charge on any atom is 0.522 e. The van der Waals surface area contributed by atoms with E-state index in [2.05, 4.69) is 4.74 Å². The molecule has 0 fully saturated rings. The van der Waals surface area contributed by atoms with Crippen molar-refractivity contribution in [3.63, 3.8) is 0 Å². The molecule has 0 saturated heterocycles. The Labute approximate surface area is 114 Å². The lowest BCUT2D eigenvalue weighted by atomic mass is 10.2. The normalized spacial score (nSPS) is 11.4. The third kappa shape index (κ3) is 6.42. The first kappa shape index (κ1) is 16.3. The zero-order valence-electron chi connectivity index (χ0n) is 11.0. The van der Waals surface area contributed by atoms with Crippen LogP contribution in [0.15, 0.2) is 24.3 Å². The number of carboxylic acid groups (broad SMARTS) is 1. The Bertz CT molecular complexity index is 431. The maximum absolute atomic E-state index is 11.9. The molecule has 0 saturated carbocycles. The highest BCUT2D eigenvalue weighted by Crippen LogP contribution is 2.18. The lowest BCUT2D eigenvalue weighted by Gasteiger charge is -2.24. The number of carboxylic acids is 1. The molecule has 7 heteroatoms. The molecule has 0 spiro atoms. The van der Waals surface area contributed by atoms with Gasteiger partial charge in [-0.05, 0) is 19.1 Å². The van der Waals surface area contributed by atoms with E-state index in [1.807, 2.05) is 19.1 Å². The minimum absolute atomic E-state index is 0.0319. The summed E-state index contributed by atoms with van der Waals surface area (Å²) in [5, 5.41) is 8.67. The fourth-order valence-electron chi connectivity index (χ4n) is 1.63. The van der Waals surface area contributed by atoms with E-state index in [0.717, 1.165) is 5.56 Å². The molecule has 0 amide bonds. The molecule has 0 radical (unpaired) electrons. The average molecular weight is 291 g/mol. The van der Waals surface area contributed by atoms with Gasteiger partial charge in [0.25, 0.3) is 0 Å². The number of hydrogen-bond donors (Lipinski definition) is 1. The number of nitrogens with zero attached hydrogens (tertiary/aromatic N) is 1. The highest BCUT2D eigenvalue weighted by atomic mass is 19.4. The summed E-state index contributed by atoms with van der Waals surface area (Å²) in [5.41, 5.74) is 1.68. The summed E-state index contributed by atoms with van der Waals surface area (Å²) in [5.74, 6) is -1.00. The fourth-order valence-corrected chi connectivity index (χ4v) is 1.63. The third-order valence-corrected chi connectivity index (χ3v) is 2.62. The molecule has 0 bridgehead atoms. The highest BCUT2D eigenvalue weighted by Gasteiger charge is 2.29. The molecule has 1 rings (SSSR count). The molecule has 0 aliphatic heterocycles. The molecule has 1 N–H and O–H groups in total. The minimum atomic E-state index is -4.67. The van der Waals surface area contributed by atoms with Crippen molar-refractivity contribution in [2.45, 2.75) is 19.7 Å². The lowest BCUT2D eigenvalue weighted by Crippen LogP contribution is -2.31. The molecule has 1 aromatic rings. The first-order chi connectivity index (χ1) is 9.28. The molecular weight excluding hydrogens is 275 g/mol. The van der Waals surface area contributed by atoms with Crippen LogP contribution >= 0.6 is 0 Å². The number of alkyl halides is 3. The molecule has 0 aliphatic carbocycles. The first-order valence-electron chi connectivity index (χ1n) is 6.02. The van der Waals surface area contributed by atoms with Gasteiger partial charge in [0.2, 0.25) is 0 Å². The van der Waals surface area contributed by atoms with Crippen LogP contribution < -0.4 is 4.90 Å². The predicted molar refractivity (Wildman–Crippen MR) is 67.7 cm³/mol. The molecule has 0 atom stereocenters. The number of carbonyl (C=O) groups is 1. The van der Waals surface area contributed by atoms with E-state index in [0.29, 0.717) is 5.69 Å². The topological polar surface area (TPSA) is 49.8 Å². The smallest absolute Gasteiger partial charge is 0.481 e. The summed E-state index contributed by atoms with van der Waals surface area (Å²) in [6.07, 6.45) is -4.83. The van der Waals surface area contributed by atoms with Crippen LogP contribution in [0.25, 0.3) is 0 Å². The van der Waals surface area contributed by atoms with Crippen LogP contribution in [0, 0.1) is 6.92 Å². The highest BCUT2D eigenvalue weighted by molar-refractivity contribution is 5.67. The van der Waals surface area contributed by atoms with Crippen molar-refractivity contribution < 1.29 is 27.8 Å². The quantitative estimate of drug-likeness (QED) is 0.839. The Morgan fingerprint density at radius 3 is 2.35 bits per heavy atom. The van der Waals surface area contributed by atoms with Gasteiger partial charge in [-0.15, -0.1) is 13.2 Å². The van der Waals surface area contributed by atoms with E-state index in [4.69, 9.17) is 5.11 Å². The van der Waals surface area contributed by atoms with Crippen LogP contribution in [0.2, 0.25) is 0 Å². The van der Waals surface area contributed by atoms with Crippen LogP contribution in [0.1, 0.15) is 12.0 Å². The molecule has 0 aliphatic rings. The van der Waals surface area contributed by atoms with Gasteiger partial charge in [-0.1, -0.05) is 17.7 Å². The second kappa shape index (κ2) is 7.14. The van der Waals surface area contributed by atoms with Gasteiger partial charge in [-0.25, -0.2) is 0 Å². The summed E-state index contributed by atoms with van der Waals surface area (Å²) in [6.45, 7) is 1.44. The standard InChI is InChI=1S/C13H16F3NO3/c1-10-2-4-11(5-3-10)17(7-6-12(18)19)8-9-20-13(14,15)16/h2-5H,6-9H2,1H3,(H,18,19). The summed E-state index contributed by atoms with van der Waals surface area (Å²) in [4.78, 5) is 12.1. The van der Waals surface area contributed by atoms with Gasteiger partial charge in [0, 0.05) is 18.8 Å². The van der Waals surface area contributed by atoms with Gasteiger partial charge in [-0.3, -0.25) is 9.53 Å². The van der Waals surface area contributed by atoms with Crippen molar-refractivity contribution in [3.05, 3.63) is 29.8 Å². The van der Waals surface area contributed by atoms with Gasteiger partial charge in [0.05, 0.1) is 13.0 Å². The van der Waals surface area contributed by atoms with Gasteiger partial charge in [-0.2, -0.15) is 0 Å². The number of ether oxygens (including phenoxy) is 1. The van der Waals surface area contributed by atoms with Crippen LogP contribution in [0.3, 0.4) is 0 Å². The van der Waals surface area contributed by atoms with Crippen LogP contribution in [0.5, 0.6) is 0 Å². The zero-order valence-corrected chi connectivity index (χ0v) is 11.0. The van der Waals surface area contributed by atoms with Crippen molar-refractivity contribution in [2.75, 3.05) is 24.6 Å². The van der Waals surface area contributed by atoms with E-state index >= 15 is 0 Å². The lowest BCUT2D eigenvalue weighted by molar-refractivity contribution is -0.323. The van der Waals surface area contributed by atoms with Gasteiger partial charge >= 0.3 is 12.3 Å². The zero-order chi connectivity index (χ0) is 15.2. The Balaban J connectivity index is 2.64. The average Bonchev–Trinajstić information content (AvgIpc) is 2.33. The summed E-state index contributed by atoms with van der Waals surface area (Å²) in [7, 11) is 0. The predicted octanol–water partition coefficient (Wildman–Crippen LogP) is 2.81. The van der Waals surface area contributed by atoms with E-state index in [-0.39, 0.29) is 19.5 Å². The Kier molecular flexibility index (Phi) is 5.82. The van der Waals surface area contributed by atoms with E-state index in [1.54, 1.807) is 17.0 Å². The Morgan fingerprint density at radius 2 is 1.85 bits per heavy atom. The van der Waals surface area contributed by atoms with E-state index in [9.17, 15) is 18.0 Å². The van der Waals surface area contributed by atoms with Crippen LogP contribution in [-0.2, 0) is 9.53 Å². The van der Waals surface area contributed by atoms with Gasteiger partial charge < -0.3 is 10.0 Å². The van der Waals surface area contributed by atoms with Crippen molar-refractivity contribution in [2.24, 2.45) is 0 Å². The summed E-state index contributed by atoms with van der Waals surface area (Å²) < 4.78 is 39.5. The largest absolute Gasteiger partial charge is 0.522 e. The van der Waals surface area contributed by atoms with Crippen molar-refractivity contribution in [3.8, 4) is 0 Å². The first-order valence-corrected chi connectivity index (χ1v) is 6.02. The molecule has 1 aromatic carbocycles. The molecule has 0 aromatic heterocycles. The number of hydrogen-bond acceptors (Lipinski definition) is 3. The number of halogens is 3. The van der Waals surface area contributed by atoms with Crippen LogP contribution in [0.4, 0.5) is 18.9 Å². The van der Waals surface area contributed by atoms with E-state index in [1.165, 1.54) is 0 Å². The SMILES string of the molecule is Cc1ccc(N(CCOC(F)(F)F)CCC(=O)O)cc1. The minimum Gasteiger partial charge on any atom is -0.481 e. The van der Waals surface area contributed by atoms with Crippen molar-refractivity contribution in [1.82, 2.24) is 0 Å². The third-order valence-electron chi connectivity index (χ3n) is 2.62. The number of rotatable bonds is 7. The second-order valence-electron chi connectivity index (χ2n) is 4.26. The van der Waals surface area contributed by atoms with Crippen molar-refractivity contribution >= 4 is 11.7 Å². The molecule has 4 nitrogen and oxygen atoms in total. The molecule has 112 valence electrons. The summed E-state index contributed by atoms with van der Waals surface area (Å²) >= 11 is 0. The van der Waals surface area contributed by atoms with Gasteiger partial charge in [0.1, 0.15) is 0 Å². The number of anilines is 1. The fraction of sp³-hybridized carbons (Fsp3) is 0.462.